The van der Waals surface area contributed by atoms with Crippen LogP contribution in [0.3, 0.4) is 0 Å². The quantitative estimate of drug-likeness (QED) is 0.730. The van der Waals surface area contributed by atoms with Crippen molar-refractivity contribution < 1.29 is 14.1 Å². The van der Waals surface area contributed by atoms with Gasteiger partial charge in [-0.2, -0.15) is 0 Å². The van der Waals surface area contributed by atoms with Gasteiger partial charge in [0.05, 0.1) is 17.2 Å². The van der Waals surface area contributed by atoms with Crippen molar-refractivity contribution in [3.63, 3.8) is 0 Å². The Morgan fingerprint density at radius 3 is 2.31 bits per heavy atom. The van der Waals surface area contributed by atoms with E-state index in [2.05, 4.69) is 61.8 Å². The van der Waals surface area contributed by atoms with Gasteiger partial charge in [0, 0.05) is 24.8 Å². The molecule has 0 saturated carbocycles. The molecule has 4 rings (SSSR count). The molecule has 0 N–H and O–H groups in total. The minimum atomic E-state index is -0.324. The van der Waals surface area contributed by atoms with E-state index in [9.17, 15) is 4.79 Å². The fraction of sp³-hybridized carbons (Fsp3) is 0.696. The van der Waals surface area contributed by atoms with E-state index in [0.717, 1.165) is 50.8 Å². The van der Waals surface area contributed by atoms with Crippen molar-refractivity contribution in [2.45, 2.75) is 83.6 Å². The Bertz CT molecular complexity index is 742. The summed E-state index contributed by atoms with van der Waals surface area (Å²) in [6, 6.07) is 9.29. The van der Waals surface area contributed by atoms with E-state index in [-0.39, 0.29) is 24.4 Å². The third-order valence-corrected chi connectivity index (χ3v) is 7.46. The second-order valence-electron chi connectivity index (χ2n) is 9.91. The van der Waals surface area contributed by atoms with Gasteiger partial charge in [-0.3, -0.25) is 9.69 Å². The van der Waals surface area contributed by atoms with Crippen LogP contribution in [-0.4, -0.2) is 60.7 Å². The molecule has 1 aromatic carbocycles. The van der Waals surface area contributed by atoms with Gasteiger partial charge in [0.15, 0.2) is 0 Å². The Kier molecular flexibility index (Phi) is 5.56. The normalized spacial score (nSPS) is 27.6. The van der Waals surface area contributed by atoms with E-state index < -0.39 is 0 Å². The molecule has 158 valence electrons. The van der Waals surface area contributed by atoms with Gasteiger partial charge < -0.3 is 14.2 Å². The van der Waals surface area contributed by atoms with Crippen molar-refractivity contribution in [2.24, 2.45) is 0 Å². The summed E-state index contributed by atoms with van der Waals surface area (Å²) < 4.78 is 12.5. The largest absolute Gasteiger partial charge is 0.494 e. The number of hydrogen-bond donors (Lipinski definition) is 0. The molecule has 3 saturated heterocycles. The molecule has 3 fully saturated rings. The molecule has 0 bridgehead atoms. The number of piperidine rings is 1. The minimum Gasteiger partial charge on any atom is -0.399 e. The number of hydrogen-bond acceptors (Lipinski definition) is 5. The molecule has 29 heavy (non-hydrogen) atoms. The number of rotatable bonds is 4. The van der Waals surface area contributed by atoms with Crippen molar-refractivity contribution in [3.05, 3.63) is 24.3 Å². The van der Waals surface area contributed by atoms with Crippen molar-refractivity contribution in [1.82, 2.24) is 4.90 Å². The molecule has 1 aromatic rings. The van der Waals surface area contributed by atoms with Gasteiger partial charge in [0.2, 0.25) is 0 Å². The van der Waals surface area contributed by atoms with Crippen LogP contribution in [0.4, 0.5) is 5.69 Å². The molecule has 0 amide bonds. The number of benzene rings is 1. The lowest BCUT2D eigenvalue weighted by molar-refractivity contribution is -0.122. The van der Waals surface area contributed by atoms with Crippen molar-refractivity contribution in [3.8, 4) is 0 Å². The summed E-state index contributed by atoms with van der Waals surface area (Å²) in [7, 11) is -0.321. The smallest absolute Gasteiger partial charge is 0.399 e. The average Bonchev–Trinajstić information content (AvgIpc) is 3.25. The van der Waals surface area contributed by atoms with Crippen molar-refractivity contribution in [1.29, 1.82) is 0 Å². The Morgan fingerprint density at radius 2 is 1.69 bits per heavy atom. The summed E-state index contributed by atoms with van der Waals surface area (Å²) >= 11 is 0. The number of Topliss-reactive ketones (excluding diaryl/α,β-unsaturated/α-hetero) is 1. The molecule has 3 aliphatic rings. The summed E-state index contributed by atoms with van der Waals surface area (Å²) in [5.74, 6) is 0.333. The first kappa shape index (κ1) is 20.9. The standard InChI is InChI=1S/C23H35BN2O3/c1-17(27)21-10-7-13-26(21)19-11-14-25(15-12-19)20-9-6-8-18(16-20)24-28-22(2,3)23(4,5)29-24/h6,8-9,16,19,21H,7,10-15H2,1-5H3/t21-/m0/s1. The maximum Gasteiger partial charge on any atom is 0.494 e. The first-order valence-electron chi connectivity index (χ1n) is 11.1. The van der Waals surface area contributed by atoms with Crippen LogP contribution in [0.5, 0.6) is 0 Å². The van der Waals surface area contributed by atoms with Crippen LogP contribution in [0.2, 0.25) is 0 Å². The van der Waals surface area contributed by atoms with Crippen molar-refractivity contribution in [2.75, 3.05) is 24.5 Å². The molecule has 0 aromatic heterocycles. The lowest BCUT2D eigenvalue weighted by atomic mass is 9.79. The number of nitrogens with zero attached hydrogens (tertiary/aromatic N) is 2. The molecule has 0 aliphatic carbocycles. The fourth-order valence-corrected chi connectivity index (χ4v) is 4.97. The van der Waals surface area contributed by atoms with Crippen LogP contribution in [0, 0.1) is 0 Å². The Balaban J connectivity index is 1.41. The van der Waals surface area contributed by atoms with E-state index in [4.69, 9.17) is 9.31 Å². The zero-order valence-electron chi connectivity index (χ0n) is 18.6. The monoisotopic (exact) mass is 398 g/mol. The Labute approximate surface area is 175 Å². The predicted octanol–water partition coefficient (Wildman–Crippen LogP) is 3.01. The van der Waals surface area contributed by atoms with E-state index in [1.807, 2.05) is 0 Å². The average molecular weight is 398 g/mol. The highest BCUT2D eigenvalue weighted by Crippen LogP contribution is 2.36. The number of carbonyl (C=O) groups is 1. The van der Waals surface area contributed by atoms with Gasteiger partial charge >= 0.3 is 7.12 Å². The zero-order valence-corrected chi connectivity index (χ0v) is 18.6. The second-order valence-corrected chi connectivity index (χ2v) is 9.91. The third-order valence-electron chi connectivity index (χ3n) is 7.46. The first-order chi connectivity index (χ1) is 13.7. The zero-order chi connectivity index (χ0) is 20.8. The van der Waals surface area contributed by atoms with Gasteiger partial charge in [-0.25, -0.2) is 0 Å². The van der Waals surface area contributed by atoms with Crippen LogP contribution >= 0.6 is 0 Å². The Morgan fingerprint density at radius 1 is 1.03 bits per heavy atom. The topological polar surface area (TPSA) is 42.0 Å². The van der Waals surface area contributed by atoms with E-state index in [1.165, 1.54) is 5.69 Å². The fourth-order valence-electron chi connectivity index (χ4n) is 4.97. The summed E-state index contributed by atoms with van der Waals surface area (Å²) in [6.45, 7) is 13.2. The van der Waals surface area contributed by atoms with Gasteiger partial charge in [-0.15, -0.1) is 0 Å². The van der Waals surface area contributed by atoms with Gasteiger partial charge in [-0.05, 0) is 84.4 Å². The van der Waals surface area contributed by atoms with Crippen LogP contribution in [0.15, 0.2) is 24.3 Å². The lowest BCUT2D eigenvalue weighted by Gasteiger charge is -2.39. The maximum atomic E-state index is 12.0. The van der Waals surface area contributed by atoms with Crippen molar-refractivity contribution >= 4 is 24.1 Å². The van der Waals surface area contributed by atoms with Gasteiger partial charge in [0.25, 0.3) is 0 Å². The summed E-state index contributed by atoms with van der Waals surface area (Å²) in [6.07, 6.45) is 4.42. The Hall–Kier alpha value is -1.37. The molecule has 3 aliphatic heterocycles. The molecule has 0 radical (unpaired) electrons. The number of carbonyl (C=O) groups excluding carboxylic acids is 1. The second kappa shape index (κ2) is 7.71. The van der Waals surface area contributed by atoms with Crippen LogP contribution in [0.25, 0.3) is 0 Å². The van der Waals surface area contributed by atoms with Gasteiger partial charge in [0.1, 0.15) is 5.78 Å². The van der Waals surface area contributed by atoms with Crippen LogP contribution in [-0.2, 0) is 14.1 Å². The number of anilines is 1. The summed E-state index contributed by atoms with van der Waals surface area (Å²) in [5.41, 5.74) is 1.67. The predicted molar refractivity (Wildman–Crippen MR) is 118 cm³/mol. The molecular weight excluding hydrogens is 363 g/mol. The highest BCUT2D eigenvalue weighted by atomic mass is 16.7. The van der Waals surface area contributed by atoms with E-state index >= 15 is 0 Å². The first-order valence-corrected chi connectivity index (χ1v) is 11.1. The molecule has 0 spiro atoms. The highest BCUT2D eigenvalue weighted by molar-refractivity contribution is 6.62. The number of likely N-dealkylation sites (tertiary alicyclic amines) is 1. The van der Waals surface area contributed by atoms with Gasteiger partial charge in [-0.1, -0.05) is 12.1 Å². The van der Waals surface area contributed by atoms with E-state index in [0.29, 0.717) is 11.8 Å². The molecule has 6 heteroatoms. The number of ketones is 1. The highest BCUT2D eigenvalue weighted by Gasteiger charge is 2.51. The third kappa shape index (κ3) is 3.99. The van der Waals surface area contributed by atoms with E-state index in [1.54, 1.807) is 6.92 Å². The summed E-state index contributed by atoms with van der Waals surface area (Å²) in [4.78, 5) is 16.9. The molecule has 3 heterocycles. The lowest BCUT2D eigenvalue weighted by Crippen LogP contribution is -2.48. The molecule has 1 atom stereocenters. The maximum absolute atomic E-state index is 12.0. The molecule has 5 nitrogen and oxygen atoms in total. The molecule has 0 unspecified atom stereocenters. The minimum absolute atomic E-state index is 0.151. The SMILES string of the molecule is CC(=O)[C@@H]1CCCN1C1CCN(c2cccc(B3OC(C)(C)C(C)(C)O3)c2)CC1. The molecular formula is C23H35BN2O3. The summed E-state index contributed by atoms with van der Waals surface area (Å²) in [5, 5.41) is 0. The van der Waals surface area contributed by atoms with Crippen LogP contribution < -0.4 is 10.4 Å². The van der Waals surface area contributed by atoms with Crippen LogP contribution in [0.1, 0.15) is 60.3 Å².